The van der Waals surface area contributed by atoms with E-state index in [2.05, 4.69) is 27.4 Å². The van der Waals surface area contributed by atoms with Crippen LogP contribution in [0.3, 0.4) is 0 Å². The minimum absolute atomic E-state index is 0.164. The van der Waals surface area contributed by atoms with Crippen molar-refractivity contribution in [3.05, 3.63) is 24.2 Å². The lowest BCUT2D eigenvalue weighted by atomic mass is 10.3. The largest absolute Gasteiger partial charge is 0.469 e. The highest BCUT2D eigenvalue weighted by atomic mass is 16.3. The number of nitrogens with one attached hydrogen (secondary N) is 2. The van der Waals surface area contributed by atoms with E-state index >= 15 is 0 Å². The Morgan fingerprint density at radius 3 is 2.77 bits per heavy atom. The van der Waals surface area contributed by atoms with Gasteiger partial charge in [0, 0.05) is 51.7 Å². The van der Waals surface area contributed by atoms with Crippen molar-refractivity contribution in [2.45, 2.75) is 38.6 Å². The molecular weight excluding hydrogens is 330 g/mol. The molecule has 1 aromatic rings. The lowest BCUT2D eigenvalue weighted by molar-refractivity contribution is -0.122. The van der Waals surface area contributed by atoms with E-state index in [4.69, 9.17) is 9.41 Å². The van der Waals surface area contributed by atoms with Gasteiger partial charge in [0.1, 0.15) is 5.76 Å². The number of rotatable bonds is 8. The Morgan fingerprint density at radius 2 is 2.12 bits per heavy atom. The van der Waals surface area contributed by atoms with Crippen LogP contribution in [-0.4, -0.2) is 73.5 Å². The van der Waals surface area contributed by atoms with E-state index in [-0.39, 0.29) is 5.91 Å². The number of furan rings is 1. The summed E-state index contributed by atoms with van der Waals surface area (Å²) < 4.78 is 5.39. The number of piperazine rings is 1. The Balaban J connectivity index is 1.42. The van der Waals surface area contributed by atoms with Gasteiger partial charge in [-0.15, -0.1) is 0 Å². The van der Waals surface area contributed by atoms with Crippen LogP contribution in [0.2, 0.25) is 0 Å². The van der Waals surface area contributed by atoms with Crippen molar-refractivity contribution in [1.82, 2.24) is 20.4 Å². The minimum atomic E-state index is 0.164. The molecule has 0 aromatic carbocycles. The van der Waals surface area contributed by atoms with Crippen LogP contribution in [0.1, 0.15) is 31.9 Å². The molecule has 7 heteroatoms. The van der Waals surface area contributed by atoms with Crippen molar-refractivity contribution in [2.75, 3.05) is 45.8 Å². The first-order valence-electron chi connectivity index (χ1n) is 9.82. The second-order valence-electron chi connectivity index (χ2n) is 7.07. The number of carbonyl (C=O) groups excluding carboxylic acids is 1. The summed E-state index contributed by atoms with van der Waals surface area (Å²) in [5.74, 6) is 2.12. The van der Waals surface area contributed by atoms with E-state index in [1.807, 2.05) is 12.1 Å². The summed E-state index contributed by atoms with van der Waals surface area (Å²) in [7, 11) is 0. The van der Waals surface area contributed by atoms with Gasteiger partial charge in [0.05, 0.1) is 12.8 Å². The molecule has 0 bridgehead atoms. The summed E-state index contributed by atoms with van der Waals surface area (Å²) in [6, 6.07) is 4.35. The second-order valence-corrected chi connectivity index (χ2v) is 7.07. The van der Waals surface area contributed by atoms with Gasteiger partial charge in [-0.3, -0.25) is 14.7 Å². The Hall–Kier alpha value is -2.02. The highest BCUT2D eigenvalue weighted by Crippen LogP contribution is 2.18. The summed E-state index contributed by atoms with van der Waals surface area (Å²) in [6.45, 7) is 7.86. The van der Waals surface area contributed by atoms with Crippen molar-refractivity contribution in [1.29, 1.82) is 0 Å². The van der Waals surface area contributed by atoms with Gasteiger partial charge in [0.2, 0.25) is 5.91 Å². The predicted molar refractivity (Wildman–Crippen MR) is 102 cm³/mol. The van der Waals surface area contributed by atoms with E-state index in [1.54, 1.807) is 6.26 Å². The third-order valence-electron chi connectivity index (χ3n) is 4.70. The number of amides is 1. The van der Waals surface area contributed by atoms with Crippen molar-refractivity contribution in [3.8, 4) is 0 Å². The molecule has 2 fully saturated rings. The second kappa shape index (κ2) is 9.62. The van der Waals surface area contributed by atoms with Gasteiger partial charge in [0.25, 0.3) is 0 Å². The van der Waals surface area contributed by atoms with Gasteiger partial charge in [-0.25, -0.2) is 0 Å². The lowest BCUT2D eigenvalue weighted by Gasteiger charge is -2.36. The average molecular weight is 361 g/mol. The van der Waals surface area contributed by atoms with Crippen LogP contribution in [0, 0.1) is 0 Å². The zero-order valence-corrected chi connectivity index (χ0v) is 15.7. The molecule has 1 amide bonds. The third kappa shape index (κ3) is 6.05. The van der Waals surface area contributed by atoms with Crippen LogP contribution in [0.25, 0.3) is 0 Å². The zero-order chi connectivity index (χ0) is 18.2. The fourth-order valence-electron chi connectivity index (χ4n) is 3.06. The molecule has 3 rings (SSSR count). The number of carbonyl (C=O) groups is 1. The Morgan fingerprint density at radius 1 is 1.31 bits per heavy atom. The quantitative estimate of drug-likeness (QED) is 0.535. The summed E-state index contributed by atoms with van der Waals surface area (Å²) in [5, 5.41) is 6.54. The van der Waals surface area contributed by atoms with Crippen LogP contribution < -0.4 is 10.6 Å². The zero-order valence-electron chi connectivity index (χ0n) is 15.7. The molecule has 1 saturated carbocycles. The first-order chi connectivity index (χ1) is 12.7. The number of guanidine groups is 1. The molecule has 1 aliphatic heterocycles. The minimum Gasteiger partial charge on any atom is -0.469 e. The van der Waals surface area contributed by atoms with E-state index in [1.165, 1.54) is 0 Å². The summed E-state index contributed by atoms with van der Waals surface area (Å²) in [5.41, 5.74) is 0. The molecule has 1 aliphatic carbocycles. The summed E-state index contributed by atoms with van der Waals surface area (Å²) in [4.78, 5) is 21.2. The normalized spacial score (nSPS) is 18.8. The first-order valence-corrected chi connectivity index (χ1v) is 9.82. The smallest absolute Gasteiger partial charge is 0.234 e. The van der Waals surface area contributed by atoms with Crippen LogP contribution in [0.4, 0.5) is 0 Å². The molecule has 0 unspecified atom stereocenters. The van der Waals surface area contributed by atoms with Crippen molar-refractivity contribution in [2.24, 2.45) is 4.99 Å². The van der Waals surface area contributed by atoms with Gasteiger partial charge in [-0.05, 0) is 31.4 Å². The molecule has 0 atom stereocenters. The summed E-state index contributed by atoms with van der Waals surface area (Å²) in [6.07, 6.45) is 5.87. The molecule has 7 nitrogen and oxygen atoms in total. The highest BCUT2D eigenvalue weighted by molar-refractivity contribution is 5.80. The van der Waals surface area contributed by atoms with Crippen LogP contribution in [0.15, 0.2) is 27.8 Å². The van der Waals surface area contributed by atoms with Crippen molar-refractivity contribution >= 4 is 11.9 Å². The number of hydrogen-bond donors (Lipinski definition) is 2. The Labute approximate surface area is 155 Å². The molecule has 144 valence electrons. The van der Waals surface area contributed by atoms with Gasteiger partial charge in [-0.2, -0.15) is 0 Å². The van der Waals surface area contributed by atoms with Crippen molar-refractivity contribution in [3.63, 3.8) is 0 Å². The van der Waals surface area contributed by atoms with Crippen LogP contribution in [-0.2, 0) is 11.2 Å². The van der Waals surface area contributed by atoms with E-state index in [9.17, 15) is 4.79 Å². The number of nitrogens with zero attached hydrogens (tertiary/aromatic N) is 3. The summed E-state index contributed by atoms with van der Waals surface area (Å²) >= 11 is 0. The standard InChI is InChI=1S/C19H31N5O2/c1-2-8-20-19(21-9-7-17-4-3-14-26-17)24-12-10-23(11-13-24)15-18(25)22-16-5-6-16/h3-4,14,16H,2,5-13,15H2,1H3,(H,20,21)(H,22,25). The molecule has 2 heterocycles. The maximum Gasteiger partial charge on any atom is 0.234 e. The predicted octanol–water partition coefficient (Wildman–Crippen LogP) is 1.07. The molecule has 0 radical (unpaired) electrons. The monoisotopic (exact) mass is 361 g/mol. The van der Waals surface area contributed by atoms with Gasteiger partial charge in [0.15, 0.2) is 5.96 Å². The molecular formula is C19H31N5O2. The molecule has 1 aromatic heterocycles. The molecule has 2 aliphatic rings. The Kier molecular flexibility index (Phi) is 6.94. The molecule has 26 heavy (non-hydrogen) atoms. The maximum absolute atomic E-state index is 12.0. The molecule has 1 saturated heterocycles. The van der Waals surface area contributed by atoms with Crippen LogP contribution in [0.5, 0.6) is 0 Å². The fraction of sp³-hybridized carbons (Fsp3) is 0.684. The first kappa shape index (κ1) is 18.8. The Bertz CT molecular complexity index is 575. The van der Waals surface area contributed by atoms with Gasteiger partial charge >= 0.3 is 0 Å². The van der Waals surface area contributed by atoms with Crippen LogP contribution >= 0.6 is 0 Å². The average Bonchev–Trinajstić information content (AvgIpc) is 3.30. The SMILES string of the molecule is CCCN=C(NCCc1ccco1)N1CCN(CC(=O)NC2CC2)CC1. The molecule has 0 spiro atoms. The van der Waals surface area contributed by atoms with Gasteiger partial charge in [-0.1, -0.05) is 6.92 Å². The molecule has 2 N–H and O–H groups in total. The highest BCUT2D eigenvalue weighted by Gasteiger charge is 2.25. The van der Waals surface area contributed by atoms with E-state index < -0.39 is 0 Å². The third-order valence-corrected chi connectivity index (χ3v) is 4.70. The van der Waals surface area contributed by atoms with E-state index in [0.29, 0.717) is 12.6 Å². The lowest BCUT2D eigenvalue weighted by Crippen LogP contribution is -2.54. The number of aliphatic imine (C=N–C) groups is 1. The number of hydrogen-bond acceptors (Lipinski definition) is 4. The van der Waals surface area contributed by atoms with Crippen molar-refractivity contribution < 1.29 is 9.21 Å². The van der Waals surface area contributed by atoms with E-state index in [0.717, 1.165) is 76.7 Å². The topological polar surface area (TPSA) is 73.1 Å². The van der Waals surface area contributed by atoms with Gasteiger partial charge < -0.3 is 20.0 Å². The maximum atomic E-state index is 12.0. The fourth-order valence-corrected chi connectivity index (χ4v) is 3.06.